The van der Waals surface area contributed by atoms with Crippen LogP contribution in [0.4, 0.5) is 13.2 Å². The summed E-state index contributed by atoms with van der Waals surface area (Å²) in [7, 11) is 0. The number of nitrogens with zero attached hydrogens (tertiary/aromatic N) is 1. The number of hydrogen-bond donors (Lipinski definition) is 0. The molecule has 5 heteroatoms. The average Bonchev–Trinajstić information content (AvgIpc) is 2.27. The number of halogens is 3. The summed E-state index contributed by atoms with van der Waals surface area (Å²) in [5, 5.41) is 0. The summed E-state index contributed by atoms with van der Waals surface area (Å²) in [6.45, 7) is 2.59. The summed E-state index contributed by atoms with van der Waals surface area (Å²) in [4.78, 5) is 13.2. The average molecular weight is 273 g/mol. The number of carbonyl (C=O) groups excluding carboxylic acids is 1. The van der Waals surface area contributed by atoms with Crippen molar-refractivity contribution in [3.8, 4) is 0 Å². The Morgan fingerprint density at radius 1 is 1.26 bits per heavy atom. The maximum atomic E-state index is 12.4. The van der Waals surface area contributed by atoms with Gasteiger partial charge >= 0.3 is 6.18 Å². The Morgan fingerprint density at radius 3 is 2.42 bits per heavy atom. The van der Waals surface area contributed by atoms with Crippen LogP contribution in [-0.4, -0.2) is 36.5 Å². The van der Waals surface area contributed by atoms with Crippen LogP contribution in [0, 0.1) is 6.92 Å². The number of hydrogen-bond acceptors (Lipinski definition) is 2. The third kappa shape index (κ3) is 5.42. The Balaban J connectivity index is 2.74. The Morgan fingerprint density at radius 2 is 1.89 bits per heavy atom. The van der Waals surface area contributed by atoms with E-state index in [1.165, 1.54) is 0 Å². The molecule has 0 radical (unpaired) electrons. The molecule has 0 amide bonds. The molecule has 0 saturated carbocycles. The Kier molecular flexibility index (Phi) is 5.54. The molecule has 0 spiro atoms. The molecule has 0 saturated heterocycles. The van der Waals surface area contributed by atoms with E-state index in [-0.39, 0.29) is 18.9 Å². The van der Waals surface area contributed by atoms with Gasteiger partial charge in [0.1, 0.15) is 0 Å². The molecule has 0 aromatic heterocycles. The van der Waals surface area contributed by atoms with E-state index in [0.717, 1.165) is 10.5 Å². The highest BCUT2D eigenvalue weighted by molar-refractivity contribution is 5.98. The molecule has 0 fully saturated rings. The number of aryl methyl sites for hydroxylation is 1. The summed E-state index contributed by atoms with van der Waals surface area (Å²) in [6, 6.07) is 6.94. The fourth-order valence-electron chi connectivity index (χ4n) is 1.96. The number of Topliss-reactive ketones (excluding diaryl/α,β-unsaturated/α-hetero) is 1. The van der Waals surface area contributed by atoms with Crippen LogP contribution in [0.1, 0.15) is 29.3 Å². The molecule has 19 heavy (non-hydrogen) atoms. The Hall–Kier alpha value is -1.36. The van der Waals surface area contributed by atoms with E-state index >= 15 is 0 Å². The van der Waals surface area contributed by atoms with Crippen LogP contribution in [0.5, 0.6) is 0 Å². The zero-order valence-corrected chi connectivity index (χ0v) is 11.1. The fraction of sp³-hybridized carbons (Fsp3) is 0.500. The monoisotopic (exact) mass is 273 g/mol. The topological polar surface area (TPSA) is 20.3 Å². The van der Waals surface area contributed by atoms with E-state index in [2.05, 4.69) is 0 Å². The van der Waals surface area contributed by atoms with Gasteiger partial charge < -0.3 is 0 Å². The zero-order valence-electron chi connectivity index (χ0n) is 11.1. The maximum absolute atomic E-state index is 12.4. The van der Waals surface area contributed by atoms with Crippen LogP contribution < -0.4 is 0 Å². The van der Waals surface area contributed by atoms with Crippen LogP contribution in [0.15, 0.2) is 24.3 Å². The van der Waals surface area contributed by atoms with Crippen LogP contribution in [0.25, 0.3) is 0 Å². The highest BCUT2D eigenvalue weighted by atomic mass is 19.4. The SMILES string of the molecule is CCCN(CC(=O)c1ccccc1C)CC(F)(F)F. The molecule has 0 bridgehead atoms. The van der Waals surface area contributed by atoms with Crippen molar-refractivity contribution in [3.63, 3.8) is 0 Å². The number of benzene rings is 1. The van der Waals surface area contributed by atoms with Crippen LogP contribution in [0.3, 0.4) is 0 Å². The first-order chi connectivity index (χ1) is 8.83. The lowest BCUT2D eigenvalue weighted by Gasteiger charge is -2.22. The highest BCUT2D eigenvalue weighted by Gasteiger charge is 2.31. The number of carbonyl (C=O) groups is 1. The van der Waals surface area contributed by atoms with Crippen molar-refractivity contribution >= 4 is 5.78 Å². The van der Waals surface area contributed by atoms with Gasteiger partial charge in [0, 0.05) is 5.56 Å². The molecule has 1 rings (SSSR count). The van der Waals surface area contributed by atoms with Gasteiger partial charge in [0.25, 0.3) is 0 Å². The normalized spacial score (nSPS) is 11.9. The van der Waals surface area contributed by atoms with E-state index in [0.29, 0.717) is 12.0 Å². The second-order valence-corrected chi connectivity index (χ2v) is 4.56. The summed E-state index contributed by atoms with van der Waals surface area (Å²) in [5.74, 6) is -0.268. The summed E-state index contributed by atoms with van der Waals surface area (Å²) in [6.07, 6.45) is -3.70. The molecule has 0 atom stereocenters. The number of ketones is 1. The van der Waals surface area contributed by atoms with E-state index in [4.69, 9.17) is 0 Å². The first-order valence-electron chi connectivity index (χ1n) is 6.21. The van der Waals surface area contributed by atoms with E-state index in [9.17, 15) is 18.0 Å². The molecular formula is C14H18F3NO. The van der Waals surface area contributed by atoms with Crippen LogP contribution in [-0.2, 0) is 0 Å². The second kappa shape index (κ2) is 6.70. The molecule has 2 nitrogen and oxygen atoms in total. The van der Waals surface area contributed by atoms with Gasteiger partial charge in [-0.05, 0) is 25.5 Å². The molecule has 0 heterocycles. The predicted molar refractivity (Wildman–Crippen MR) is 68.3 cm³/mol. The quantitative estimate of drug-likeness (QED) is 0.740. The highest BCUT2D eigenvalue weighted by Crippen LogP contribution is 2.17. The maximum Gasteiger partial charge on any atom is 0.401 e. The Bertz CT molecular complexity index is 429. The molecular weight excluding hydrogens is 255 g/mol. The number of rotatable bonds is 6. The molecule has 0 aliphatic rings. The molecule has 0 unspecified atom stereocenters. The first kappa shape index (κ1) is 15.7. The second-order valence-electron chi connectivity index (χ2n) is 4.56. The van der Waals surface area contributed by atoms with Crippen molar-refractivity contribution in [1.82, 2.24) is 4.90 Å². The van der Waals surface area contributed by atoms with Gasteiger partial charge in [-0.15, -0.1) is 0 Å². The molecule has 1 aromatic carbocycles. The third-order valence-electron chi connectivity index (χ3n) is 2.76. The minimum atomic E-state index is -4.28. The van der Waals surface area contributed by atoms with Gasteiger partial charge in [-0.1, -0.05) is 31.2 Å². The van der Waals surface area contributed by atoms with Gasteiger partial charge in [0.2, 0.25) is 0 Å². The first-order valence-corrected chi connectivity index (χ1v) is 6.21. The zero-order chi connectivity index (χ0) is 14.5. The van der Waals surface area contributed by atoms with E-state index < -0.39 is 12.7 Å². The minimum Gasteiger partial charge on any atom is -0.293 e. The molecule has 106 valence electrons. The molecule has 1 aromatic rings. The minimum absolute atomic E-state index is 0.196. The third-order valence-corrected chi connectivity index (χ3v) is 2.76. The summed E-state index contributed by atoms with van der Waals surface area (Å²) in [5.41, 5.74) is 1.28. The lowest BCUT2D eigenvalue weighted by Crippen LogP contribution is -2.38. The van der Waals surface area contributed by atoms with E-state index in [1.54, 1.807) is 38.1 Å². The fourth-order valence-corrected chi connectivity index (χ4v) is 1.96. The molecule has 0 N–H and O–H groups in total. The predicted octanol–water partition coefficient (Wildman–Crippen LogP) is 3.45. The van der Waals surface area contributed by atoms with Crippen LogP contribution in [0.2, 0.25) is 0 Å². The molecule has 0 aliphatic heterocycles. The van der Waals surface area contributed by atoms with Gasteiger partial charge in [0.15, 0.2) is 5.78 Å². The lowest BCUT2D eigenvalue weighted by molar-refractivity contribution is -0.144. The number of alkyl halides is 3. The van der Waals surface area contributed by atoms with Crippen molar-refractivity contribution in [2.24, 2.45) is 0 Å². The standard InChI is InChI=1S/C14H18F3NO/c1-3-8-18(10-14(15,16)17)9-13(19)12-7-5-4-6-11(12)2/h4-7H,3,8-10H2,1-2H3. The van der Waals surface area contributed by atoms with Gasteiger partial charge in [-0.25, -0.2) is 0 Å². The van der Waals surface area contributed by atoms with Gasteiger partial charge in [0.05, 0.1) is 13.1 Å². The smallest absolute Gasteiger partial charge is 0.293 e. The van der Waals surface area contributed by atoms with Crippen molar-refractivity contribution in [2.75, 3.05) is 19.6 Å². The summed E-state index contributed by atoms with van der Waals surface area (Å²) >= 11 is 0. The van der Waals surface area contributed by atoms with Crippen molar-refractivity contribution < 1.29 is 18.0 Å². The van der Waals surface area contributed by atoms with Gasteiger partial charge in [-0.3, -0.25) is 9.69 Å². The van der Waals surface area contributed by atoms with Crippen molar-refractivity contribution in [2.45, 2.75) is 26.4 Å². The largest absolute Gasteiger partial charge is 0.401 e. The van der Waals surface area contributed by atoms with Gasteiger partial charge in [-0.2, -0.15) is 13.2 Å². The summed E-state index contributed by atoms with van der Waals surface area (Å²) < 4.78 is 37.2. The van der Waals surface area contributed by atoms with Crippen molar-refractivity contribution in [1.29, 1.82) is 0 Å². The van der Waals surface area contributed by atoms with Crippen LogP contribution >= 0.6 is 0 Å². The lowest BCUT2D eigenvalue weighted by atomic mass is 10.0. The van der Waals surface area contributed by atoms with Crippen molar-refractivity contribution in [3.05, 3.63) is 35.4 Å². The Labute approximate surface area is 111 Å². The molecule has 0 aliphatic carbocycles. The van der Waals surface area contributed by atoms with E-state index in [1.807, 2.05) is 0 Å².